The van der Waals surface area contributed by atoms with E-state index in [-0.39, 0.29) is 12.2 Å². The molecule has 2 aromatic heterocycles. The van der Waals surface area contributed by atoms with Crippen LogP contribution in [-0.4, -0.2) is 17.4 Å². The normalized spacial score (nSPS) is 11.7. The van der Waals surface area contributed by atoms with Crippen molar-refractivity contribution in [3.8, 4) is 0 Å². The maximum absolute atomic E-state index is 13.1. The van der Waals surface area contributed by atoms with Crippen LogP contribution in [0.1, 0.15) is 17.1 Å². The molecule has 2 heterocycles. The van der Waals surface area contributed by atoms with Gasteiger partial charge >= 0.3 is 6.18 Å². The van der Waals surface area contributed by atoms with E-state index in [0.717, 1.165) is 6.07 Å². The predicted octanol–water partition coefficient (Wildman–Crippen LogP) is 4.53. The van der Waals surface area contributed by atoms with Gasteiger partial charge < -0.3 is 14.2 Å². The van der Waals surface area contributed by atoms with E-state index in [1.54, 1.807) is 29.2 Å². The summed E-state index contributed by atoms with van der Waals surface area (Å²) in [5, 5.41) is 2.34. The smallest absolute Gasteiger partial charge is 0.418 e. The highest BCUT2D eigenvalue weighted by Crippen LogP contribution is 2.34. The number of amides is 1. The molecule has 0 bridgehead atoms. The molecule has 142 valence electrons. The van der Waals surface area contributed by atoms with Crippen molar-refractivity contribution in [2.75, 3.05) is 11.9 Å². The number of carbonyl (C=O) groups is 1. The summed E-state index contributed by atoms with van der Waals surface area (Å²) in [6.45, 7) is 0.484. The summed E-state index contributed by atoms with van der Waals surface area (Å²) >= 11 is 0. The Labute approximate surface area is 153 Å². The summed E-state index contributed by atoms with van der Waals surface area (Å²) in [6.07, 6.45) is -1.52. The Balaban J connectivity index is 1.71. The van der Waals surface area contributed by atoms with Gasteiger partial charge in [0.1, 0.15) is 11.5 Å². The zero-order chi connectivity index (χ0) is 19.3. The molecule has 0 fully saturated rings. The predicted molar refractivity (Wildman–Crippen MR) is 91.6 cm³/mol. The fraction of sp³-hybridized carbons (Fsp3) is 0.211. The van der Waals surface area contributed by atoms with Gasteiger partial charge in [0.2, 0.25) is 5.91 Å². The standard InChI is InChI=1S/C19H17F3N2O3/c20-19(21,22)16-7-1-2-8-17(16)23-18(25)13-24(11-14-5-3-9-26-14)12-15-6-4-10-27-15/h1-10H,11-13H2,(H,23,25). The molecular formula is C19H17F3N2O3. The molecule has 0 saturated heterocycles. The van der Waals surface area contributed by atoms with Gasteiger partial charge in [-0.25, -0.2) is 0 Å². The van der Waals surface area contributed by atoms with Gasteiger partial charge in [0, 0.05) is 0 Å². The Bertz CT molecular complexity index is 822. The molecule has 1 amide bonds. The van der Waals surface area contributed by atoms with Crippen LogP contribution >= 0.6 is 0 Å². The van der Waals surface area contributed by atoms with E-state index in [1.807, 2.05) is 0 Å². The average Bonchev–Trinajstić information content (AvgIpc) is 3.28. The second-order valence-corrected chi connectivity index (χ2v) is 5.90. The molecule has 0 saturated carbocycles. The summed E-state index contributed by atoms with van der Waals surface area (Å²) in [5.41, 5.74) is -1.16. The van der Waals surface area contributed by atoms with Crippen molar-refractivity contribution in [3.05, 3.63) is 78.1 Å². The third-order valence-corrected chi connectivity index (χ3v) is 3.79. The second-order valence-electron chi connectivity index (χ2n) is 5.90. The van der Waals surface area contributed by atoms with Crippen molar-refractivity contribution in [2.24, 2.45) is 0 Å². The van der Waals surface area contributed by atoms with Crippen LogP contribution in [0.5, 0.6) is 0 Å². The van der Waals surface area contributed by atoms with Crippen LogP contribution in [0.3, 0.4) is 0 Å². The zero-order valence-electron chi connectivity index (χ0n) is 14.2. The first-order valence-electron chi connectivity index (χ1n) is 8.15. The lowest BCUT2D eigenvalue weighted by Gasteiger charge is -2.20. The van der Waals surface area contributed by atoms with E-state index in [2.05, 4.69) is 5.32 Å². The first kappa shape index (κ1) is 18.8. The highest BCUT2D eigenvalue weighted by molar-refractivity contribution is 5.93. The Kier molecular flexibility index (Phi) is 5.66. The number of carbonyl (C=O) groups excluding carboxylic acids is 1. The number of anilines is 1. The van der Waals surface area contributed by atoms with Crippen LogP contribution in [0, 0.1) is 0 Å². The monoisotopic (exact) mass is 378 g/mol. The molecule has 5 nitrogen and oxygen atoms in total. The Hall–Kier alpha value is -3.00. The number of alkyl halides is 3. The number of nitrogens with one attached hydrogen (secondary N) is 1. The Morgan fingerprint density at radius 3 is 2.04 bits per heavy atom. The SMILES string of the molecule is O=C(CN(Cc1ccco1)Cc1ccco1)Nc1ccccc1C(F)(F)F. The van der Waals surface area contributed by atoms with E-state index >= 15 is 0 Å². The van der Waals surface area contributed by atoms with Gasteiger partial charge in [0.25, 0.3) is 0 Å². The van der Waals surface area contributed by atoms with Crippen molar-refractivity contribution in [3.63, 3.8) is 0 Å². The zero-order valence-corrected chi connectivity index (χ0v) is 14.2. The largest absolute Gasteiger partial charge is 0.468 e. The number of furan rings is 2. The lowest BCUT2D eigenvalue weighted by atomic mass is 10.1. The number of halogens is 3. The Morgan fingerprint density at radius 1 is 0.926 bits per heavy atom. The maximum Gasteiger partial charge on any atom is 0.418 e. The minimum Gasteiger partial charge on any atom is -0.468 e. The number of rotatable bonds is 7. The fourth-order valence-corrected chi connectivity index (χ4v) is 2.65. The minimum atomic E-state index is -4.55. The number of hydrogen-bond acceptors (Lipinski definition) is 4. The topological polar surface area (TPSA) is 58.6 Å². The van der Waals surface area contributed by atoms with Gasteiger partial charge in [-0.3, -0.25) is 9.69 Å². The average molecular weight is 378 g/mol. The molecule has 0 atom stereocenters. The molecule has 1 N–H and O–H groups in total. The van der Waals surface area contributed by atoms with Crippen LogP contribution < -0.4 is 5.32 Å². The molecule has 0 unspecified atom stereocenters. The van der Waals surface area contributed by atoms with E-state index in [9.17, 15) is 18.0 Å². The first-order chi connectivity index (χ1) is 12.9. The van der Waals surface area contributed by atoms with E-state index in [1.165, 1.54) is 30.7 Å². The van der Waals surface area contributed by atoms with Crippen LogP contribution in [0.4, 0.5) is 18.9 Å². The molecule has 0 spiro atoms. The molecular weight excluding hydrogens is 361 g/mol. The second kappa shape index (κ2) is 8.13. The molecule has 3 rings (SSSR count). The van der Waals surface area contributed by atoms with Crippen molar-refractivity contribution in [1.29, 1.82) is 0 Å². The van der Waals surface area contributed by atoms with Gasteiger partial charge in [-0.1, -0.05) is 12.1 Å². The third-order valence-electron chi connectivity index (χ3n) is 3.79. The minimum absolute atomic E-state index is 0.131. The van der Waals surface area contributed by atoms with Crippen molar-refractivity contribution < 1.29 is 26.8 Å². The van der Waals surface area contributed by atoms with Gasteiger partial charge in [-0.05, 0) is 36.4 Å². The molecule has 8 heteroatoms. The number of nitrogens with zero attached hydrogens (tertiary/aromatic N) is 1. The van der Waals surface area contributed by atoms with Crippen molar-refractivity contribution >= 4 is 11.6 Å². The number of para-hydroxylation sites is 1. The highest BCUT2D eigenvalue weighted by Gasteiger charge is 2.33. The quantitative estimate of drug-likeness (QED) is 0.656. The molecule has 27 heavy (non-hydrogen) atoms. The lowest BCUT2D eigenvalue weighted by molar-refractivity contribution is -0.137. The maximum atomic E-state index is 13.1. The van der Waals surface area contributed by atoms with Gasteiger partial charge in [0.15, 0.2) is 0 Å². The fourth-order valence-electron chi connectivity index (χ4n) is 2.65. The molecule has 3 aromatic rings. The Morgan fingerprint density at radius 2 is 1.52 bits per heavy atom. The molecule has 0 aliphatic rings. The molecule has 0 radical (unpaired) electrons. The lowest BCUT2D eigenvalue weighted by Crippen LogP contribution is -2.32. The van der Waals surface area contributed by atoms with Crippen LogP contribution in [0.15, 0.2) is 69.9 Å². The van der Waals surface area contributed by atoms with Crippen molar-refractivity contribution in [2.45, 2.75) is 19.3 Å². The highest BCUT2D eigenvalue weighted by atomic mass is 19.4. The molecule has 0 aliphatic carbocycles. The molecule has 1 aromatic carbocycles. The van der Waals surface area contributed by atoms with Gasteiger partial charge in [0.05, 0.1) is 43.4 Å². The van der Waals surface area contributed by atoms with Gasteiger partial charge in [-0.15, -0.1) is 0 Å². The summed E-state index contributed by atoms with van der Waals surface area (Å²) < 4.78 is 49.8. The molecule has 0 aliphatic heterocycles. The summed E-state index contributed by atoms with van der Waals surface area (Å²) in [5.74, 6) is 0.694. The van der Waals surface area contributed by atoms with E-state index < -0.39 is 17.6 Å². The number of benzene rings is 1. The van der Waals surface area contributed by atoms with Crippen molar-refractivity contribution in [1.82, 2.24) is 4.90 Å². The number of hydrogen-bond donors (Lipinski definition) is 1. The van der Waals surface area contributed by atoms with Crippen LogP contribution in [-0.2, 0) is 24.1 Å². The summed E-state index contributed by atoms with van der Waals surface area (Å²) in [6, 6.07) is 11.8. The summed E-state index contributed by atoms with van der Waals surface area (Å²) in [4.78, 5) is 14.1. The van der Waals surface area contributed by atoms with Gasteiger partial charge in [-0.2, -0.15) is 13.2 Å². The first-order valence-corrected chi connectivity index (χ1v) is 8.15. The van der Waals surface area contributed by atoms with Crippen LogP contribution in [0.2, 0.25) is 0 Å². The van der Waals surface area contributed by atoms with E-state index in [4.69, 9.17) is 8.83 Å². The third kappa shape index (κ3) is 5.24. The van der Waals surface area contributed by atoms with E-state index in [0.29, 0.717) is 24.6 Å². The summed E-state index contributed by atoms with van der Waals surface area (Å²) in [7, 11) is 0. The van der Waals surface area contributed by atoms with Crippen LogP contribution in [0.25, 0.3) is 0 Å².